The Bertz CT molecular complexity index is 491. The number of benzene rings is 1. The third kappa shape index (κ3) is 2.16. The highest BCUT2D eigenvalue weighted by molar-refractivity contribution is 6.17. The minimum absolute atomic E-state index is 0.0263. The zero-order chi connectivity index (χ0) is 12.4. The van der Waals surface area contributed by atoms with E-state index in [1.54, 1.807) is 13.0 Å². The summed E-state index contributed by atoms with van der Waals surface area (Å²) in [6.45, 7) is 1.91. The molecule has 3 nitrogen and oxygen atoms in total. The number of rotatable bonds is 2. The average Bonchev–Trinajstić information content (AvgIpc) is 2.28. The summed E-state index contributed by atoms with van der Waals surface area (Å²) in [6.07, 6.45) is 0.983. The zero-order valence-corrected chi connectivity index (χ0v) is 9.50. The van der Waals surface area contributed by atoms with Gasteiger partial charge in [0.2, 0.25) is 0 Å². The van der Waals surface area contributed by atoms with Crippen LogP contribution in [0.5, 0.6) is 0 Å². The van der Waals surface area contributed by atoms with E-state index >= 15 is 0 Å². The summed E-state index contributed by atoms with van der Waals surface area (Å²) < 4.78 is 18.1. The Morgan fingerprint density at radius 3 is 2.94 bits per heavy atom. The van der Waals surface area contributed by atoms with Crippen LogP contribution < -0.4 is 0 Å². The van der Waals surface area contributed by atoms with Gasteiger partial charge in [0.25, 0.3) is 0 Å². The molecule has 0 radical (unpaired) electrons. The predicted molar refractivity (Wildman–Crippen MR) is 60.9 cm³/mol. The van der Waals surface area contributed by atoms with E-state index in [2.05, 4.69) is 0 Å². The molecular weight excluding hydrogens is 223 g/mol. The molecule has 0 heterocycles. The fourth-order valence-corrected chi connectivity index (χ4v) is 1.96. The number of aryl methyl sites for hydroxylation is 1. The molecule has 4 heteroatoms. The molecule has 0 spiro atoms. The van der Waals surface area contributed by atoms with Gasteiger partial charge in [0, 0.05) is 6.42 Å². The molecule has 2 rings (SSSR count). The molecule has 1 aromatic rings. The van der Waals surface area contributed by atoms with Crippen LogP contribution in [-0.4, -0.2) is 17.7 Å². The van der Waals surface area contributed by atoms with Crippen LogP contribution in [0.1, 0.15) is 24.5 Å². The molecule has 0 bridgehead atoms. The second-order valence-electron chi connectivity index (χ2n) is 3.84. The summed E-state index contributed by atoms with van der Waals surface area (Å²) in [5.41, 5.74) is 1.38. The Morgan fingerprint density at radius 2 is 2.24 bits per heavy atom. The van der Waals surface area contributed by atoms with Crippen molar-refractivity contribution in [2.45, 2.75) is 19.8 Å². The van der Waals surface area contributed by atoms with Crippen LogP contribution in [0.2, 0.25) is 0 Å². The molecule has 0 fully saturated rings. The highest BCUT2D eigenvalue weighted by Gasteiger charge is 2.25. The summed E-state index contributed by atoms with van der Waals surface area (Å²) in [5, 5.41) is 9.76. The number of aliphatic hydroxyl groups is 1. The van der Waals surface area contributed by atoms with Crippen molar-refractivity contribution in [3.63, 3.8) is 0 Å². The molecule has 0 amide bonds. The van der Waals surface area contributed by atoms with Crippen molar-refractivity contribution in [1.29, 1.82) is 0 Å². The normalized spacial score (nSPS) is 14.5. The number of carbonyl (C=O) groups excluding carboxylic acids is 1. The van der Waals surface area contributed by atoms with E-state index < -0.39 is 11.8 Å². The van der Waals surface area contributed by atoms with Crippen LogP contribution in [0, 0.1) is 5.82 Å². The van der Waals surface area contributed by atoms with Crippen LogP contribution in [0.25, 0.3) is 5.57 Å². The van der Waals surface area contributed by atoms with Crippen molar-refractivity contribution in [3.05, 3.63) is 40.9 Å². The van der Waals surface area contributed by atoms with Gasteiger partial charge >= 0.3 is 5.97 Å². The minimum atomic E-state index is -0.600. The summed E-state index contributed by atoms with van der Waals surface area (Å²) in [6, 6.07) is 4.25. The summed E-state index contributed by atoms with van der Waals surface area (Å²) in [7, 11) is 0. The number of hydrogen-bond donors (Lipinski definition) is 1. The van der Waals surface area contributed by atoms with E-state index in [9.17, 15) is 14.3 Å². The number of ether oxygens (including phenoxy) is 1. The molecular formula is C13H13FO3. The number of allylic oxidation sites excluding steroid dienone is 1. The highest BCUT2D eigenvalue weighted by Crippen LogP contribution is 2.31. The molecule has 0 aromatic heterocycles. The first-order valence-corrected chi connectivity index (χ1v) is 5.51. The Kier molecular flexibility index (Phi) is 3.13. The summed E-state index contributed by atoms with van der Waals surface area (Å²) in [5.74, 6) is -1.06. The molecule has 1 aliphatic rings. The van der Waals surface area contributed by atoms with Gasteiger partial charge in [-0.2, -0.15) is 0 Å². The molecule has 0 saturated heterocycles. The first-order chi connectivity index (χ1) is 8.13. The highest BCUT2D eigenvalue weighted by atomic mass is 19.1. The second kappa shape index (κ2) is 4.57. The van der Waals surface area contributed by atoms with E-state index in [-0.39, 0.29) is 17.9 Å². The minimum Gasteiger partial charge on any atom is -0.511 e. The maximum Gasteiger partial charge on any atom is 0.342 e. The lowest BCUT2D eigenvalue weighted by atomic mass is 9.89. The second-order valence-corrected chi connectivity index (χ2v) is 3.84. The van der Waals surface area contributed by atoms with Gasteiger partial charge in [0.15, 0.2) is 0 Å². The van der Waals surface area contributed by atoms with Crippen molar-refractivity contribution >= 4 is 11.5 Å². The van der Waals surface area contributed by atoms with Gasteiger partial charge in [0.05, 0.1) is 6.61 Å². The van der Waals surface area contributed by atoms with Crippen LogP contribution >= 0.6 is 0 Å². The Labute approximate surface area is 98.5 Å². The third-order valence-corrected chi connectivity index (χ3v) is 2.74. The third-order valence-electron chi connectivity index (χ3n) is 2.74. The number of aliphatic hydroxyl groups excluding tert-OH is 1. The Morgan fingerprint density at radius 1 is 1.47 bits per heavy atom. The van der Waals surface area contributed by atoms with E-state index in [1.807, 2.05) is 0 Å². The molecule has 1 aromatic carbocycles. The molecule has 0 unspecified atom stereocenters. The maximum absolute atomic E-state index is 13.2. The van der Waals surface area contributed by atoms with Gasteiger partial charge in [-0.25, -0.2) is 9.18 Å². The number of esters is 1. The number of fused-ring (bicyclic) bond motifs is 1. The fraction of sp³-hybridized carbons (Fsp3) is 0.308. The first-order valence-electron chi connectivity index (χ1n) is 5.51. The van der Waals surface area contributed by atoms with Gasteiger partial charge in [-0.05, 0) is 36.6 Å². The van der Waals surface area contributed by atoms with Crippen molar-refractivity contribution in [1.82, 2.24) is 0 Å². The SMILES string of the molecule is CCOC(=O)C1=C(O)CCc2ccc(F)cc21. The van der Waals surface area contributed by atoms with E-state index in [1.165, 1.54) is 12.1 Å². The van der Waals surface area contributed by atoms with E-state index in [0.717, 1.165) is 5.56 Å². The Hall–Kier alpha value is -1.84. The molecule has 0 atom stereocenters. The van der Waals surface area contributed by atoms with Crippen molar-refractivity contribution < 1.29 is 19.0 Å². The van der Waals surface area contributed by atoms with Gasteiger partial charge in [0.1, 0.15) is 17.1 Å². The van der Waals surface area contributed by atoms with Crippen LogP contribution in [-0.2, 0) is 16.0 Å². The van der Waals surface area contributed by atoms with E-state index in [4.69, 9.17) is 4.74 Å². The van der Waals surface area contributed by atoms with Gasteiger partial charge in [-0.15, -0.1) is 0 Å². The number of halogens is 1. The zero-order valence-electron chi connectivity index (χ0n) is 9.50. The lowest BCUT2D eigenvalue weighted by Gasteiger charge is -2.19. The van der Waals surface area contributed by atoms with Crippen LogP contribution in [0.4, 0.5) is 4.39 Å². The number of carbonyl (C=O) groups is 1. The van der Waals surface area contributed by atoms with Crippen molar-refractivity contribution in [2.24, 2.45) is 0 Å². The van der Waals surface area contributed by atoms with Crippen molar-refractivity contribution in [2.75, 3.05) is 6.61 Å². The smallest absolute Gasteiger partial charge is 0.342 e. The van der Waals surface area contributed by atoms with Crippen LogP contribution in [0.15, 0.2) is 24.0 Å². The molecule has 90 valence electrons. The molecule has 0 aliphatic heterocycles. The monoisotopic (exact) mass is 236 g/mol. The Balaban J connectivity index is 2.50. The first kappa shape index (κ1) is 11.6. The fourth-order valence-electron chi connectivity index (χ4n) is 1.96. The predicted octanol–water partition coefficient (Wildman–Crippen LogP) is 2.60. The quantitative estimate of drug-likeness (QED) is 0.803. The molecule has 0 saturated carbocycles. The lowest BCUT2D eigenvalue weighted by molar-refractivity contribution is -0.136. The van der Waals surface area contributed by atoms with Gasteiger partial charge in [-0.3, -0.25) is 0 Å². The average molecular weight is 236 g/mol. The van der Waals surface area contributed by atoms with E-state index in [0.29, 0.717) is 18.4 Å². The van der Waals surface area contributed by atoms with Gasteiger partial charge in [-0.1, -0.05) is 6.07 Å². The van der Waals surface area contributed by atoms with Crippen LogP contribution in [0.3, 0.4) is 0 Å². The van der Waals surface area contributed by atoms with Gasteiger partial charge < -0.3 is 9.84 Å². The largest absolute Gasteiger partial charge is 0.511 e. The topological polar surface area (TPSA) is 46.5 Å². The standard InChI is InChI=1S/C13H13FO3/c1-2-17-13(16)12-10-7-9(14)5-3-8(10)4-6-11(12)15/h3,5,7,15H,2,4,6H2,1H3. The molecule has 1 aliphatic carbocycles. The maximum atomic E-state index is 13.2. The van der Waals surface area contributed by atoms with Crippen molar-refractivity contribution in [3.8, 4) is 0 Å². The lowest BCUT2D eigenvalue weighted by Crippen LogP contribution is -2.15. The molecule has 1 N–H and O–H groups in total. The number of hydrogen-bond acceptors (Lipinski definition) is 3. The summed E-state index contributed by atoms with van der Waals surface area (Å²) >= 11 is 0. The summed E-state index contributed by atoms with van der Waals surface area (Å²) in [4.78, 5) is 11.7. The molecule has 17 heavy (non-hydrogen) atoms.